The molecule has 3 amide bonds. The minimum Gasteiger partial charge on any atom is -0.465 e. The number of anilines is 1. The molecule has 2 aromatic rings. The summed E-state index contributed by atoms with van der Waals surface area (Å²) in [7, 11) is 1.74. The summed E-state index contributed by atoms with van der Waals surface area (Å²) in [4.78, 5) is 53.9. The van der Waals surface area contributed by atoms with Crippen molar-refractivity contribution in [1.29, 1.82) is 0 Å². The van der Waals surface area contributed by atoms with Crippen LogP contribution in [0.4, 0.5) is 14.9 Å². The number of nitrogens with zero attached hydrogens (tertiary/aromatic N) is 2. The number of carbonyl (C=O) groups is 4. The fourth-order valence-electron chi connectivity index (χ4n) is 9.26. The molecule has 254 valence electrons. The summed E-state index contributed by atoms with van der Waals surface area (Å²) in [5.74, 6) is -0.666. The Morgan fingerprint density at radius 3 is 2.45 bits per heavy atom. The minimum atomic E-state index is -1.24. The minimum absolute atomic E-state index is 0.0269. The maximum atomic E-state index is 14.2. The van der Waals surface area contributed by atoms with E-state index in [0.717, 1.165) is 62.3 Å². The highest BCUT2D eigenvalue weighted by molar-refractivity contribution is 6.02. The summed E-state index contributed by atoms with van der Waals surface area (Å²) >= 11 is 0. The van der Waals surface area contributed by atoms with Gasteiger partial charge in [0.25, 0.3) is 0 Å². The molecule has 1 saturated heterocycles. The van der Waals surface area contributed by atoms with Crippen LogP contribution in [-0.2, 0) is 24.8 Å². The number of nitrogens with one attached hydrogen (secondary N) is 2. The van der Waals surface area contributed by atoms with E-state index in [1.165, 1.54) is 0 Å². The van der Waals surface area contributed by atoms with E-state index in [-0.39, 0.29) is 41.6 Å². The molecule has 1 spiro atoms. The van der Waals surface area contributed by atoms with Gasteiger partial charge < -0.3 is 30.1 Å². The van der Waals surface area contributed by atoms with Crippen molar-refractivity contribution < 1.29 is 38.1 Å². The summed E-state index contributed by atoms with van der Waals surface area (Å²) in [5.41, 5.74) is 1.47. The molecule has 0 radical (unpaired) electrons. The maximum absolute atomic E-state index is 14.2. The van der Waals surface area contributed by atoms with Crippen molar-refractivity contribution in [3.63, 3.8) is 0 Å². The van der Waals surface area contributed by atoms with Crippen LogP contribution in [-0.4, -0.2) is 77.0 Å². The maximum Gasteiger partial charge on any atom is 0.404 e. The zero-order valence-corrected chi connectivity index (χ0v) is 26.9. The van der Waals surface area contributed by atoms with E-state index in [1.54, 1.807) is 12.0 Å². The predicted molar refractivity (Wildman–Crippen MR) is 171 cm³/mol. The number of methoxy groups -OCH3 is 1. The number of carboxylic acid groups (broad SMARTS) is 1. The van der Waals surface area contributed by atoms with E-state index < -0.39 is 30.6 Å². The van der Waals surface area contributed by atoms with Gasteiger partial charge in [0.05, 0.1) is 17.7 Å². The van der Waals surface area contributed by atoms with Gasteiger partial charge in [0.2, 0.25) is 11.8 Å². The highest BCUT2D eigenvalue weighted by atomic mass is 19.1. The Kier molecular flexibility index (Phi) is 8.65. The number of alkyl halides is 1. The Morgan fingerprint density at radius 2 is 1.81 bits per heavy atom. The number of esters is 1. The van der Waals surface area contributed by atoms with Crippen LogP contribution in [0.5, 0.6) is 0 Å². The molecule has 3 atom stereocenters. The first-order valence-corrected chi connectivity index (χ1v) is 17.3. The highest BCUT2D eigenvalue weighted by Gasteiger charge is 2.51. The van der Waals surface area contributed by atoms with Gasteiger partial charge in [-0.1, -0.05) is 0 Å². The van der Waals surface area contributed by atoms with E-state index in [2.05, 4.69) is 10.6 Å². The molecular formula is C35H45FN4O7. The van der Waals surface area contributed by atoms with E-state index >= 15 is 0 Å². The second kappa shape index (κ2) is 12.7. The van der Waals surface area contributed by atoms with E-state index in [0.29, 0.717) is 49.5 Å². The predicted octanol–water partition coefficient (Wildman–Crippen LogP) is 5.42. The fourth-order valence-corrected chi connectivity index (χ4v) is 9.26. The van der Waals surface area contributed by atoms with Crippen molar-refractivity contribution >= 4 is 40.5 Å². The molecule has 3 N–H and O–H groups in total. The summed E-state index contributed by atoms with van der Waals surface area (Å²) in [6.07, 6.45) is 8.28. The first kappa shape index (κ1) is 31.9. The number of rotatable bonds is 8. The summed E-state index contributed by atoms with van der Waals surface area (Å²) < 4.78 is 27.0. The quantitative estimate of drug-likeness (QED) is 0.324. The van der Waals surface area contributed by atoms with E-state index in [1.807, 2.05) is 28.8 Å². The zero-order valence-electron chi connectivity index (χ0n) is 26.9. The molecule has 1 aromatic carbocycles. The fraction of sp³-hybridized carbons (Fsp3) is 0.657. The van der Waals surface area contributed by atoms with Crippen LogP contribution in [0.1, 0.15) is 87.5 Å². The summed E-state index contributed by atoms with van der Waals surface area (Å²) in [6.45, 7) is -0.269. The third-order valence-corrected chi connectivity index (χ3v) is 11.9. The molecule has 3 saturated carbocycles. The Hall–Kier alpha value is -3.67. The van der Waals surface area contributed by atoms with Gasteiger partial charge in [0.1, 0.15) is 18.4 Å². The monoisotopic (exact) mass is 652 g/mol. The standard InChI is InChI=1S/C35H45FN4O7/c1-46-25-10-7-20(8-11-25)26-13-16-39(32(42)22-5-3-21(4-6-22)27(19-36)38-34(44)45)30(26)31(41)37-24-9-12-28-23(17-24)18-29-33(43)47-35(40(28)29)14-2-15-35/h9,12,17-18,20-22,25-27,30,38H,2-8,10-11,13-16,19H2,1H3,(H,37,41)(H,44,45)/t20-,21-,22-,25-,26-,27+,30-/m0/s1. The number of halogens is 1. The Bertz CT molecular complexity index is 1540. The smallest absolute Gasteiger partial charge is 0.404 e. The second-order valence-electron chi connectivity index (χ2n) is 14.3. The molecule has 0 bridgehead atoms. The Labute approximate surface area is 273 Å². The van der Waals surface area contributed by atoms with Crippen LogP contribution < -0.4 is 10.6 Å². The van der Waals surface area contributed by atoms with Crippen LogP contribution in [0.25, 0.3) is 10.9 Å². The van der Waals surface area contributed by atoms with Gasteiger partial charge in [-0.3, -0.25) is 14.2 Å². The largest absolute Gasteiger partial charge is 0.465 e. The third kappa shape index (κ3) is 5.76. The van der Waals surface area contributed by atoms with Gasteiger partial charge in [-0.05, 0) is 106 Å². The van der Waals surface area contributed by atoms with E-state index in [4.69, 9.17) is 14.6 Å². The van der Waals surface area contributed by atoms with Crippen LogP contribution >= 0.6 is 0 Å². The molecule has 4 fully saturated rings. The molecule has 1 aromatic heterocycles. The lowest BCUT2D eigenvalue weighted by Gasteiger charge is -2.38. The first-order valence-electron chi connectivity index (χ1n) is 17.3. The van der Waals surface area contributed by atoms with Crippen molar-refractivity contribution in [3.8, 4) is 0 Å². The third-order valence-electron chi connectivity index (χ3n) is 11.9. The average molecular weight is 653 g/mol. The SMILES string of the molecule is CO[C@H]1CC[C@H]([C@@H]2CCN(C(=O)[C@H]3CC[C@H]([C@@H](CF)NC(=O)O)CC3)[C@@H]2C(=O)Nc2ccc3c(c2)cc2n3C3(CCC3)OC2=O)CC1. The van der Waals surface area contributed by atoms with Gasteiger partial charge in [-0.25, -0.2) is 14.0 Å². The molecule has 3 aliphatic carbocycles. The Balaban J connectivity index is 1.09. The number of fused-ring (bicyclic) bond motifs is 4. The zero-order chi connectivity index (χ0) is 32.9. The lowest BCUT2D eigenvalue weighted by Crippen LogP contribution is -2.50. The number of likely N-dealkylation sites (tertiary alicyclic amines) is 1. The van der Waals surface area contributed by atoms with Crippen molar-refractivity contribution in [2.45, 2.75) is 101 Å². The molecular weight excluding hydrogens is 607 g/mol. The Morgan fingerprint density at radius 1 is 1.06 bits per heavy atom. The van der Waals surface area contributed by atoms with Crippen molar-refractivity contribution in [2.75, 3.05) is 25.6 Å². The number of hydrogen-bond acceptors (Lipinski definition) is 6. The van der Waals surface area contributed by atoms with Gasteiger partial charge in [-0.2, -0.15) is 0 Å². The van der Waals surface area contributed by atoms with Gasteiger partial charge in [-0.15, -0.1) is 0 Å². The average Bonchev–Trinajstić information content (AvgIpc) is 3.75. The molecule has 2 aliphatic heterocycles. The summed E-state index contributed by atoms with van der Waals surface area (Å²) in [6, 6.07) is 6.13. The number of ether oxygens (including phenoxy) is 2. The number of aromatic nitrogens is 1. The van der Waals surface area contributed by atoms with Crippen LogP contribution in [0, 0.1) is 23.7 Å². The number of carbonyl (C=O) groups excluding carboxylic acids is 3. The molecule has 47 heavy (non-hydrogen) atoms. The van der Waals surface area contributed by atoms with Crippen molar-refractivity contribution in [1.82, 2.24) is 14.8 Å². The molecule has 3 heterocycles. The first-order chi connectivity index (χ1) is 22.7. The highest BCUT2D eigenvalue weighted by Crippen LogP contribution is 2.48. The van der Waals surface area contributed by atoms with Gasteiger partial charge in [0, 0.05) is 43.5 Å². The van der Waals surface area contributed by atoms with Crippen LogP contribution in [0.15, 0.2) is 24.3 Å². The van der Waals surface area contributed by atoms with E-state index in [9.17, 15) is 23.6 Å². The topological polar surface area (TPSA) is 139 Å². The molecule has 12 heteroatoms. The number of benzene rings is 1. The summed E-state index contributed by atoms with van der Waals surface area (Å²) in [5, 5.41) is 15.4. The molecule has 7 rings (SSSR count). The second-order valence-corrected chi connectivity index (χ2v) is 14.3. The number of hydrogen-bond donors (Lipinski definition) is 3. The van der Waals surface area contributed by atoms with Crippen molar-refractivity contribution in [2.24, 2.45) is 23.7 Å². The molecule has 5 aliphatic rings. The van der Waals surface area contributed by atoms with Crippen molar-refractivity contribution in [3.05, 3.63) is 30.0 Å². The molecule has 0 unspecified atom stereocenters. The number of amides is 3. The van der Waals surface area contributed by atoms with Gasteiger partial charge >= 0.3 is 12.1 Å². The normalized spacial score (nSPS) is 30.4. The van der Waals surface area contributed by atoms with Crippen LogP contribution in [0.3, 0.4) is 0 Å². The molecule has 11 nitrogen and oxygen atoms in total. The lowest BCUT2D eigenvalue weighted by molar-refractivity contribution is -0.142. The van der Waals surface area contributed by atoms with Gasteiger partial charge in [0.15, 0.2) is 5.72 Å². The van der Waals surface area contributed by atoms with Crippen LogP contribution in [0.2, 0.25) is 0 Å². The lowest BCUT2D eigenvalue weighted by atomic mass is 9.75.